The molecular formula is C14H27N3O3. The first-order chi connectivity index (χ1) is 9.05. The zero-order chi connectivity index (χ0) is 15.7. The van der Waals surface area contributed by atoms with E-state index in [4.69, 9.17) is 5.73 Å². The molecule has 116 valence electrons. The Balaban J connectivity index is 2.82. The van der Waals surface area contributed by atoms with Crippen molar-refractivity contribution in [2.45, 2.75) is 57.7 Å². The van der Waals surface area contributed by atoms with Crippen LogP contribution >= 0.6 is 0 Å². The highest BCUT2D eigenvalue weighted by Crippen LogP contribution is 2.31. The maximum atomic E-state index is 12.0. The van der Waals surface area contributed by atoms with Crippen LogP contribution in [-0.4, -0.2) is 58.6 Å². The van der Waals surface area contributed by atoms with E-state index in [0.717, 1.165) is 0 Å². The summed E-state index contributed by atoms with van der Waals surface area (Å²) in [6.45, 7) is 5.60. The standard InChI is InChI=1S/C14H27N3O3/c1-14(2,3)17(13(19)20)11-7-6-9(8-10(11)15)12(18)16(4)5/h9-11H,6-8,15H2,1-5H3,(H,19,20)/t9-,10+,11-/m0/s1. The van der Waals surface area contributed by atoms with Crippen LogP contribution < -0.4 is 5.73 Å². The summed E-state index contributed by atoms with van der Waals surface area (Å²) in [5.74, 6) is -0.0107. The molecule has 0 aromatic heterocycles. The van der Waals surface area contributed by atoms with Crippen LogP contribution in [0.5, 0.6) is 0 Å². The molecule has 0 bridgehead atoms. The predicted molar refractivity (Wildman–Crippen MR) is 77.4 cm³/mol. The predicted octanol–water partition coefficient (Wildman–Crippen LogP) is 1.35. The Morgan fingerprint density at radius 2 is 1.75 bits per heavy atom. The summed E-state index contributed by atoms with van der Waals surface area (Å²) >= 11 is 0. The van der Waals surface area contributed by atoms with Crippen LogP contribution in [0.4, 0.5) is 4.79 Å². The quantitative estimate of drug-likeness (QED) is 0.801. The Labute approximate surface area is 120 Å². The monoisotopic (exact) mass is 285 g/mol. The van der Waals surface area contributed by atoms with Gasteiger partial charge < -0.3 is 15.7 Å². The summed E-state index contributed by atoms with van der Waals surface area (Å²) < 4.78 is 0. The van der Waals surface area contributed by atoms with Crippen LogP contribution in [0.15, 0.2) is 0 Å². The van der Waals surface area contributed by atoms with E-state index in [9.17, 15) is 14.7 Å². The van der Waals surface area contributed by atoms with Crippen molar-refractivity contribution in [3.05, 3.63) is 0 Å². The van der Waals surface area contributed by atoms with Crippen LogP contribution in [0.25, 0.3) is 0 Å². The van der Waals surface area contributed by atoms with Crippen molar-refractivity contribution in [2.24, 2.45) is 11.7 Å². The molecule has 0 saturated heterocycles. The topological polar surface area (TPSA) is 86.9 Å². The molecular weight excluding hydrogens is 258 g/mol. The van der Waals surface area contributed by atoms with Gasteiger partial charge in [-0.05, 0) is 40.0 Å². The van der Waals surface area contributed by atoms with Gasteiger partial charge in [-0.3, -0.25) is 9.69 Å². The number of carboxylic acid groups (broad SMARTS) is 1. The molecule has 1 rings (SSSR count). The summed E-state index contributed by atoms with van der Waals surface area (Å²) in [6.07, 6.45) is 0.918. The van der Waals surface area contributed by atoms with Gasteiger partial charge in [0.05, 0.1) is 6.04 Å². The molecule has 3 N–H and O–H groups in total. The molecule has 0 aliphatic heterocycles. The molecule has 0 aromatic carbocycles. The number of nitrogens with two attached hydrogens (primary N) is 1. The molecule has 1 saturated carbocycles. The number of hydrogen-bond acceptors (Lipinski definition) is 3. The number of hydrogen-bond donors (Lipinski definition) is 2. The van der Waals surface area contributed by atoms with Crippen molar-refractivity contribution in [1.82, 2.24) is 9.80 Å². The first-order valence-electron chi connectivity index (χ1n) is 7.04. The Kier molecular flexibility index (Phi) is 5.02. The maximum Gasteiger partial charge on any atom is 0.408 e. The molecule has 0 unspecified atom stereocenters. The van der Waals surface area contributed by atoms with Crippen molar-refractivity contribution in [3.63, 3.8) is 0 Å². The summed E-state index contributed by atoms with van der Waals surface area (Å²) in [7, 11) is 3.47. The van der Waals surface area contributed by atoms with E-state index < -0.39 is 11.6 Å². The second-order valence-corrected chi connectivity index (χ2v) is 6.80. The third-order valence-electron chi connectivity index (χ3n) is 3.91. The van der Waals surface area contributed by atoms with E-state index in [2.05, 4.69) is 0 Å². The molecule has 0 aromatic rings. The minimum Gasteiger partial charge on any atom is -0.465 e. The van der Waals surface area contributed by atoms with Gasteiger partial charge in [0.25, 0.3) is 0 Å². The summed E-state index contributed by atoms with van der Waals surface area (Å²) in [4.78, 5) is 26.5. The molecule has 20 heavy (non-hydrogen) atoms. The van der Waals surface area contributed by atoms with Crippen molar-refractivity contribution in [1.29, 1.82) is 0 Å². The lowest BCUT2D eigenvalue weighted by molar-refractivity contribution is -0.134. The van der Waals surface area contributed by atoms with Crippen molar-refractivity contribution in [3.8, 4) is 0 Å². The van der Waals surface area contributed by atoms with E-state index in [1.54, 1.807) is 19.0 Å². The van der Waals surface area contributed by atoms with Gasteiger partial charge in [-0.15, -0.1) is 0 Å². The van der Waals surface area contributed by atoms with Crippen LogP contribution in [-0.2, 0) is 4.79 Å². The van der Waals surface area contributed by atoms with Crippen LogP contribution in [0, 0.1) is 5.92 Å². The normalized spacial score (nSPS) is 27.0. The average molecular weight is 285 g/mol. The van der Waals surface area contributed by atoms with Gasteiger partial charge in [-0.2, -0.15) is 0 Å². The Bertz CT molecular complexity index is 376. The number of carbonyl (C=O) groups excluding carboxylic acids is 1. The Hall–Kier alpha value is -1.30. The minimum atomic E-state index is -0.949. The molecule has 0 spiro atoms. The van der Waals surface area contributed by atoms with Gasteiger partial charge in [-0.25, -0.2) is 4.79 Å². The van der Waals surface area contributed by atoms with Crippen LogP contribution in [0.1, 0.15) is 40.0 Å². The summed E-state index contributed by atoms with van der Waals surface area (Å²) in [5.41, 5.74) is 5.67. The fourth-order valence-electron chi connectivity index (χ4n) is 3.03. The van der Waals surface area contributed by atoms with Gasteiger partial charge in [0, 0.05) is 31.6 Å². The molecule has 1 aliphatic carbocycles. The number of carbonyl (C=O) groups is 2. The molecule has 2 amide bonds. The van der Waals surface area contributed by atoms with E-state index in [0.29, 0.717) is 19.3 Å². The minimum absolute atomic E-state index is 0.0801. The molecule has 0 radical (unpaired) electrons. The van der Waals surface area contributed by atoms with Crippen molar-refractivity contribution < 1.29 is 14.7 Å². The number of rotatable bonds is 2. The largest absolute Gasteiger partial charge is 0.465 e. The summed E-state index contributed by atoms with van der Waals surface area (Å²) in [6, 6.07) is -0.522. The van der Waals surface area contributed by atoms with Crippen LogP contribution in [0.3, 0.4) is 0 Å². The third kappa shape index (κ3) is 3.62. The zero-order valence-corrected chi connectivity index (χ0v) is 13.1. The second kappa shape index (κ2) is 5.99. The van der Waals surface area contributed by atoms with E-state index in [-0.39, 0.29) is 23.9 Å². The van der Waals surface area contributed by atoms with E-state index in [1.807, 2.05) is 20.8 Å². The molecule has 0 heterocycles. The smallest absolute Gasteiger partial charge is 0.408 e. The first kappa shape index (κ1) is 16.8. The molecule has 1 fully saturated rings. The third-order valence-corrected chi connectivity index (χ3v) is 3.91. The molecule has 6 nitrogen and oxygen atoms in total. The lowest BCUT2D eigenvalue weighted by Crippen LogP contribution is -2.59. The lowest BCUT2D eigenvalue weighted by atomic mass is 9.80. The molecule has 6 heteroatoms. The SMILES string of the molecule is CN(C)C(=O)[C@H]1CC[C@H](N(C(=O)O)C(C)(C)C)[C@H](N)C1. The van der Waals surface area contributed by atoms with E-state index >= 15 is 0 Å². The highest BCUT2D eigenvalue weighted by atomic mass is 16.4. The Morgan fingerprint density at radius 1 is 1.20 bits per heavy atom. The number of amides is 2. The lowest BCUT2D eigenvalue weighted by Gasteiger charge is -2.45. The highest BCUT2D eigenvalue weighted by Gasteiger charge is 2.41. The first-order valence-corrected chi connectivity index (χ1v) is 7.04. The molecule has 1 aliphatic rings. The van der Waals surface area contributed by atoms with Gasteiger partial charge in [0.1, 0.15) is 0 Å². The fraction of sp³-hybridized carbons (Fsp3) is 0.857. The van der Waals surface area contributed by atoms with Gasteiger partial charge in [0.15, 0.2) is 0 Å². The summed E-state index contributed by atoms with van der Waals surface area (Å²) in [5, 5.41) is 9.44. The zero-order valence-electron chi connectivity index (χ0n) is 13.1. The maximum absolute atomic E-state index is 12.0. The second-order valence-electron chi connectivity index (χ2n) is 6.80. The van der Waals surface area contributed by atoms with Crippen molar-refractivity contribution >= 4 is 12.0 Å². The molecule has 3 atom stereocenters. The fourth-order valence-corrected chi connectivity index (χ4v) is 3.03. The average Bonchev–Trinajstić information content (AvgIpc) is 2.28. The van der Waals surface area contributed by atoms with E-state index in [1.165, 1.54) is 4.90 Å². The highest BCUT2D eigenvalue weighted by molar-refractivity contribution is 5.78. The Morgan fingerprint density at radius 3 is 2.10 bits per heavy atom. The van der Waals surface area contributed by atoms with Crippen LogP contribution in [0.2, 0.25) is 0 Å². The van der Waals surface area contributed by atoms with Gasteiger partial charge >= 0.3 is 6.09 Å². The van der Waals surface area contributed by atoms with Gasteiger partial charge in [0.2, 0.25) is 5.91 Å². The number of nitrogens with zero attached hydrogens (tertiary/aromatic N) is 2. The van der Waals surface area contributed by atoms with Gasteiger partial charge in [-0.1, -0.05) is 0 Å². The van der Waals surface area contributed by atoms with Crippen molar-refractivity contribution in [2.75, 3.05) is 14.1 Å².